The predicted octanol–water partition coefficient (Wildman–Crippen LogP) is 1.04. The molecule has 29 heavy (non-hydrogen) atoms. The van der Waals surface area contributed by atoms with Crippen molar-refractivity contribution >= 4 is 17.8 Å². The molecule has 0 aromatic heterocycles. The van der Waals surface area contributed by atoms with E-state index in [1.54, 1.807) is 18.2 Å². The Kier molecular flexibility index (Phi) is 7.83. The SMILES string of the molecule is CCC(C)C(CO)NC(=O)CC1NC(=O)N(Cc2ccc(OC)c(OC)c2)C1=O. The molecule has 0 aliphatic carbocycles. The van der Waals surface area contributed by atoms with Gasteiger partial charge in [0.05, 0.1) is 39.8 Å². The second-order valence-corrected chi connectivity index (χ2v) is 7.06. The van der Waals surface area contributed by atoms with Gasteiger partial charge >= 0.3 is 6.03 Å². The van der Waals surface area contributed by atoms with E-state index in [-0.39, 0.29) is 31.5 Å². The van der Waals surface area contributed by atoms with Crippen molar-refractivity contribution in [3.63, 3.8) is 0 Å². The van der Waals surface area contributed by atoms with Gasteiger partial charge in [-0.25, -0.2) is 4.79 Å². The van der Waals surface area contributed by atoms with E-state index in [0.717, 1.165) is 11.3 Å². The molecule has 2 rings (SSSR count). The van der Waals surface area contributed by atoms with Crippen LogP contribution in [0.25, 0.3) is 0 Å². The van der Waals surface area contributed by atoms with E-state index in [1.807, 2.05) is 13.8 Å². The number of amides is 4. The predicted molar refractivity (Wildman–Crippen MR) is 106 cm³/mol. The van der Waals surface area contributed by atoms with Gasteiger partial charge in [-0.2, -0.15) is 0 Å². The zero-order valence-corrected chi connectivity index (χ0v) is 17.2. The quantitative estimate of drug-likeness (QED) is 0.499. The van der Waals surface area contributed by atoms with Crippen LogP contribution in [0.2, 0.25) is 0 Å². The van der Waals surface area contributed by atoms with Crippen LogP contribution in [0.15, 0.2) is 18.2 Å². The van der Waals surface area contributed by atoms with Gasteiger partial charge in [0.1, 0.15) is 6.04 Å². The summed E-state index contributed by atoms with van der Waals surface area (Å²) < 4.78 is 10.4. The molecular weight excluding hydrogens is 378 g/mol. The molecule has 160 valence electrons. The van der Waals surface area contributed by atoms with Crippen LogP contribution in [0.3, 0.4) is 0 Å². The summed E-state index contributed by atoms with van der Waals surface area (Å²) in [6, 6.07) is 3.25. The largest absolute Gasteiger partial charge is 0.493 e. The smallest absolute Gasteiger partial charge is 0.325 e. The summed E-state index contributed by atoms with van der Waals surface area (Å²) in [7, 11) is 3.02. The Hall–Kier alpha value is -2.81. The Morgan fingerprint density at radius 3 is 2.55 bits per heavy atom. The van der Waals surface area contributed by atoms with Gasteiger partial charge in [0, 0.05) is 0 Å². The van der Waals surface area contributed by atoms with Crippen molar-refractivity contribution in [1.82, 2.24) is 15.5 Å². The van der Waals surface area contributed by atoms with Crippen LogP contribution >= 0.6 is 0 Å². The Balaban J connectivity index is 2.01. The van der Waals surface area contributed by atoms with E-state index in [4.69, 9.17) is 9.47 Å². The molecule has 1 aromatic rings. The first-order valence-corrected chi connectivity index (χ1v) is 9.57. The first kappa shape index (κ1) is 22.5. The number of nitrogens with zero attached hydrogens (tertiary/aromatic N) is 1. The molecular formula is C20H29N3O6. The topological polar surface area (TPSA) is 117 Å². The van der Waals surface area contributed by atoms with Crippen molar-refractivity contribution in [3.05, 3.63) is 23.8 Å². The summed E-state index contributed by atoms with van der Waals surface area (Å²) in [6.45, 7) is 3.76. The van der Waals surface area contributed by atoms with Gasteiger partial charge in [0.15, 0.2) is 11.5 Å². The lowest BCUT2D eigenvalue weighted by Gasteiger charge is -2.22. The third kappa shape index (κ3) is 5.38. The minimum atomic E-state index is -0.932. The molecule has 0 radical (unpaired) electrons. The van der Waals surface area contributed by atoms with Crippen LogP contribution in [0.5, 0.6) is 11.5 Å². The monoisotopic (exact) mass is 407 g/mol. The number of rotatable bonds is 10. The Bertz CT molecular complexity index is 754. The maximum Gasteiger partial charge on any atom is 0.325 e. The van der Waals surface area contributed by atoms with E-state index in [0.29, 0.717) is 17.1 Å². The molecule has 3 unspecified atom stereocenters. The lowest BCUT2D eigenvalue weighted by molar-refractivity contribution is -0.131. The molecule has 1 aromatic carbocycles. The van der Waals surface area contributed by atoms with Gasteiger partial charge < -0.3 is 25.2 Å². The van der Waals surface area contributed by atoms with Crippen LogP contribution in [0, 0.1) is 5.92 Å². The molecule has 1 aliphatic heterocycles. The summed E-state index contributed by atoms with van der Waals surface area (Å²) in [6.07, 6.45) is 0.615. The first-order chi connectivity index (χ1) is 13.8. The summed E-state index contributed by atoms with van der Waals surface area (Å²) in [5.74, 6) is 0.273. The highest BCUT2D eigenvalue weighted by Gasteiger charge is 2.39. The highest BCUT2D eigenvalue weighted by atomic mass is 16.5. The number of nitrogens with one attached hydrogen (secondary N) is 2. The van der Waals surface area contributed by atoms with Gasteiger partial charge in [-0.3, -0.25) is 14.5 Å². The normalized spacial score (nSPS) is 18.2. The summed E-state index contributed by atoms with van der Waals surface area (Å²) in [4.78, 5) is 38.2. The van der Waals surface area contributed by atoms with Gasteiger partial charge in [-0.1, -0.05) is 26.3 Å². The zero-order chi connectivity index (χ0) is 21.6. The molecule has 0 bridgehead atoms. The second kappa shape index (κ2) is 10.1. The van der Waals surface area contributed by atoms with E-state index >= 15 is 0 Å². The number of methoxy groups -OCH3 is 2. The van der Waals surface area contributed by atoms with Crippen molar-refractivity contribution in [1.29, 1.82) is 0 Å². The molecule has 0 saturated carbocycles. The van der Waals surface area contributed by atoms with Crippen molar-refractivity contribution < 1.29 is 29.0 Å². The number of urea groups is 1. The molecule has 1 saturated heterocycles. The molecule has 3 atom stereocenters. The number of hydrogen-bond donors (Lipinski definition) is 3. The van der Waals surface area contributed by atoms with Gasteiger partial charge in [-0.15, -0.1) is 0 Å². The number of aliphatic hydroxyl groups is 1. The van der Waals surface area contributed by atoms with Gasteiger partial charge in [0.2, 0.25) is 5.91 Å². The van der Waals surface area contributed by atoms with Gasteiger partial charge in [-0.05, 0) is 23.6 Å². The highest BCUT2D eigenvalue weighted by molar-refractivity contribution is 6.05. The second-order valence-electron chi connectivity index (χ2n) is 7.06. The van der Waals surface area contributed by atoms with Crippen LogP contribution in [0.4, 0.5) is 4.79 Å². The Morgan fingerprint density at radius 1 is 1.28 bits per heavy atom. The maximum atomic E-state index is 12.6. The fourth-order valence-electron chi connectivity index (χ4n) is 3.13. The van der Waals surface area contributed by atoms with Crippen molar-refractivity contribution in [2.75, 3.05) is 20.8 Å². The minimum absolute atomic E-state index is 0.0509. The minimum Gasteiger partial charge on any atom is -0.493 e. The number of aliphatic hydroxyl groups excluding tert-OH is 1. The summed E-state index contributed by atoms with van der Waals surface area (Å²) in [5, 5.41) is 14.7. The lowest BCUT2D eigenvalue weighted by atomic mass is 9.99. The molecule has 1 fully saturated rings. The van der Waals surface area contributed by atoms with E-state index in [2.05, 4.69) is 10.6 Å². The zero-order valence-electron chi connectivity index (χ0n) is 17.2. The number of hydrogen-bond acceptors (Lipinski definition) is 6. The average Bonchev–Trinajstić information content (AvgIpc) is 2.98. The summed E-state index contributed by atoms with van der Waals surface area (Å²) >= 11 is 0. The molecule has 3 N–H and O–H groups in total. The van der Waals surface area contributed by atoms with Crippen molar-refractivity contribution in [2.45, 2.75) is 45.3 Å². The van der Waals surface area contributed by atoms with Crippen molar-refractivity contribution in [2.24, 2.45) is 5.92 Å². The van der Waals surface area contributed by atoms with E-state index in [1.165, 1.54) is 14.2 Å². The molecule has 1 aliphatic rings. The first-order valence-electron chi connectivity index (χ1n) is 9.57. The standard InChI is InChI=1S/C20H29N3O6/c1-5-12(2)15(11-24)21-18(25)9-14-19(26)23(20(27)22-14)10-13-6-7-16(28-3)17(8-13)29-4/h6-8,12,14-15,24H,5,9-11H2,1-4H3,(H,21,25)(H,22,27). The fourth-order valence-corrected chi connectivity index (χ4v) is 3.13. The Morgan fingerprint density at radius 2 is 1.97 bits per heavy atom. The van der Waals surface area contributed by atoms with Crippen LogP contribution in [0.1, 0.15) is 32.3 Å². The number of carbonyl (C=O) groups is 3. The van der Waals surface area contributed by atoms with E-state index in [9.17, 15) is 19.5 Å². The molecule has 0 spiro atoms. The fraction of sp³-hybridized carbons (Fsp3) is 0.550. The third-order valence-electron chi connectivity index (χ3n) is 5.16. The van der Waals surface area contributed by atoms with Crippen LogP contribution < -0.4 is 20.1 Å². The number of ether oxygens (including phenoxy) is 2. The lowest BCUT2D eigenvalue weighted by Crippen LogP contribution is -2.44. The van der Waals surface area contributed by atoms with Gasteiger partial charge in [0.25, 0.3) is 5.91 Å². The van der Waals surface area contributed by atoms with Crippen LogP contribution in [-0.2, 0) is 16.1 Å². The summed E-state index contributed by atoms with van der Waals surface area (Å²) in [5.41, 5.74) is 0.688. The third-order valence-corrected chi connectivity index (χ3v) is 5.16. The van der Waals surface area contributed by atoms with Crippen LogP contribution in [-0.4, -0.2) is 60.8 Å². The maximum absolute atomic E-state index is 12.6. The number of carbonyl (C=O) groups excluding carboxylic acids is 3. The average molecular weight is 407 g/mol. The molecule has 4 amide bonds. The van der Waals surface area contributed by atoms with E-state index < -0.39 is 23.9 Å². The molecule has 9 heteroatoms. The van der Waals surface area contributed by atoms with Crippen molar-refractivity contribution in [3.8, 4) is 11.5 Å². The molecule has 1 heterocycles. The molecule has 9 nitrogen and oxygen atoms in total. The highest BCUT2D eigenvalue weighted by Crippen LogP contribution is 2.28. The Labute approximate surface area is 170 Å². The number of imide groups is 1. The number of benzene rings is 1.